The van der Waals surface area contributed by atoms with Crippen LogP contribution in [-0.4, -0.2) is 56.1 Å². The monoisotopic (exact) mass is 476 g/mol. The molecule has 0 saturated carbocycles. The number of benzene rings is 2. The van der Waals surface area contributed by atoms with E-state index in [9.17, 15) is 35.9 Å². The van der Waals surface area contributed by atoms with Gasteiger partial charge in [0.1, 0.15) is 6.67 Å². The molecule has 2 N–H and O–H groups in total. The van der Waals surface area contributed by atoms with Gasteiger partial charge in [0, 0.05) is 42.0 Å². The first-order valence-corrected chi connectivity index (χ1v) is 11.0. The Morgan fingerprint density at radius 2 is 1.84 bits per heavy atom. The highest BCUT2D eigenvalue weighted by Crippen LogP contribution is 2.25. The second-order valence-corrected chi connectivity index (χ2v) is 8.99. The Labute approximate surface area is 181 Å². The van der Waals surface area contributed by atoms with E-state index in [2.05, 4.69) is 5.32 Å². The van der Waals surface area contributed by atoms with E-state index in [-0.39, 0.29) is 49.5 Å². The first-order valence-electron chi connectivity index (χ1n) is 9.54. The highest BCUT2D eigenvalue weighted by molar-refractivity contribution is 7.89. The van der Waals surface area contributed by atoms with Crippen molar-refractivity contribution in [3.63, 3.8) is 0 Å². The van der Waals surface area contributed by atoms with Crippen LogP contribution in [0.3, 0.4) is 0 Å². The topological polar surface area (TPSA) is 95.9 Å². The molecule has 1 saturated heterocycles. The van der Waals surface area contributed by atoms with Crippen LogP contribution in [0.5, 0.6) is 0 Å². The standard InChI is InChI=1S/C20H20F4N2O5S/c21-10-13-2-1-12(20(28)25-14-8-16(22)19(24)17(23)9-14)7-18(13)32(29,30)26-4-3-15(27)11-31-6-5-26/h1-2,7-9,15,27H,3-6,10-11H2,(H,25,28). The number of carbonyl (C=O) groups is 1. The number of hydrogen-bond donors (Lipinski definition) is 2. The number of rotatable bonds is 5. The lowest BCUT2D eigenvalue weighted by molar-refractivity contribution is 0.0130. The van der Waals surface area contributed by atoms with Gasteiger partial charge < -0.3 is 15.2 Å². The maximum atomic E-state index is 13.5. The number of anilines is 1. The van der Waals surface area contributed by atoms with Crippen molar-refractivity contribution in [1.82, 2.24) is 4.31 Å². The van der Waals surface area contributed by atoms with Crippen LogP contribution in [-0.2, 0) is 21.4 Å². The van der Waals surface area contributed by atoms with E-state index in [0.29, 0.717) is 12.1 Å². The number of alkyl halides is 1. The molecule has 7 nitrogen and oxygen atoms in total. The van der Waals surface area contributed by atoms with Gasteiger partial charge in [-0.25, -0.2) is 26.0 Å². The molecule has 2 aromatic carbocycles. The minimum Gasteiger partial charge on any atom is -0.391 e. The molecule has 1 heterocycles. The molecule has 1 aliphatic rings. The Balaban J connectivity index is 1.91. The highest BCUT2D eigenvalue weighted by atomic mass is 32.2. The molecule has 0 spiro atoms. The van der Waals surface area contributed by atoms with Gasteiger partial charge in [0.15, 0.2) is 17.5 Å². The first-order chi connectivity index (χ1) is 15.1. The first kappa shape index (κ1) is 24.1. The molecule has 12 heteroatoms. The van der Waals surface area contributed by atoms with Crippen molar-refractivity contribution in [2.24, 2.45) is 0 Å². The maximum absolute atomic E-state index is 13.5. The van der Waals surface area contributed by atoms with Gasteiger partial charge in [-0.3, -0.25) is 4.79 Å². The second kappa shape index (κ2) is 9.94. The van der Waals surface area contributed by atoms with Crippen LogP contribution in [0, 0.1) is 17.5 Å². The van der Waals surface area contributed by atoms with E-state index < -0.39 is 51.1 Å². The van der Waals surface area contributed by atoms with Crippen LogP contribution in [0.25, 0.3) is 0 Å². The third-order valence-electron chi connectivity index (χ3n) is 4.84. The summed E-state index contributed by atoms with van der Waals surface area (Å²) in [6.07, 6.45) is -0.756. The van der Waals surface area contributed by atoms with E-state index in [1.807, 2.05) is 0 Å². The van der Waals surface area contributed by atoms with E-state index >= 15 is 0 Å². The summed E-state index contributed by atoms with van der Waals surface area (Å²) in [5.41, 5.74) is -0.807. The third-order valence-corrected chi connectivity index (χ3v) is 6.82. The lowest BCUT2D eigenvalue weighted by Crippen LogP contribution is -2.39. The molecule has 2 aromatic rings. The van der Waals surface area contributed by atoms with Crippen molar-refractivity contribution < 1.29 is 40.6 Å². The van der Waals surface area contributed by atoms with Crippen molar-refractivity contribution in [2.75, 3.05) is 31.6 Å². The summed E-state index contributed by atoms with van der Waals surface area (Å²) in [6, 6.07) is 4.35. The zero-order valence-electron chi connectivity index (χ0n) is 16.7. The fourth-order valence-corrected chi connectivity index (χ4v) is 4.80. The van der Waals surface area contributed by atoms with E-state index in [1.54, 1.807) is 0 Å². The van der Waals surface area contributed by atoms with Crippen molar-refractivity contribution >= 4 is 21.6 Å². The molecular formula is C20H20F4N2O5S. The molecule has 0 bridgehead atoms. The number of nitrogens with zero attached hydrogens (tertiary/aromatic N) is 1. The summed E-state index contributed by atoms with van der Waals surface area (Å²) >= 11 is 0. The molecule has 32 heavy (non-hydrogen) atoms. The van der Waals surface area contributed by atoms with Crippen LogP contribution in [0.1, 0.15) is 22.3 Å². The zero-order valence-corrected chi connectivity index (χ0v) is 17.5. The lowest BCUT2D eigenvalue weighted by Gasteiger charge is -2.27. The van der Waals surface area contributed by atoms with Gasteiger partial charge in [-0.2, -0.15) is 4.31 Å². The Morgan fingerprint density at radius 1 is 1.16 bits per heavy atom. The Bertz CT molecular complexity index is 1090. The maximum Gasteiger partial charge on any atom is 0.255 e. The lowest BCUT2D eigenvalue weighted by atomic mass is 10.1. The van der Waals surface area contributed by atoms with Crippen LogP contribution >= 0.6 is 0 Å². The number of nitrogens with one attached hydrogen (secondary N) is 1. The molecule has 1 amide bonds. The number of sulfonamides is 1. The minimum absolute atomic E-state index is 0.0170. The summed E-state index contributed by atoms with van der Waals surface area (Å²) in [6.45, 7) is -1.11. The Kier molecular flexibility index (Phi) is 7.49. The third kappa shape index (κ3) is 5.26. The number of halogens is 4. The Hall–Kier alpha value is -2.54. The molecule has 1 unspecified atom stereocenters. The van der Waals surface area contributed by atoms with Crippen molar-refractivity contribution in [3.8, 4) is 0 Å². The molecule has 1 aliphatic heterocycles. The van der Waals surface area contributed by atoms with Crippen molar-refractivity contribution in [1.29, 1.82) is 0 Å². The van der Waals surface area contributed by atoms with Gasteiger partial charge in [-0.05, 0) is 18.6 Å². The number of hydrogen-bond acceptors (Lipinski definition) is 5. The van der Waals surface area contributed by atoms with Gasteiger partial charge in [-0.15, -0.1) is 0 Å². The summed E-state index contributed by atoms with van der Waals surface area (Å²) in [5.74, 6) is -5.68. The molecule has 0 aliphatic carbocycles. The smallest absolute Gasteiger partial charge is 0.255 e. The zero-order chi connectivity index (χ0) is 23.5. The van der Waals surface area contributed by atoms with Gasteiger partial charge >= 0.3 is 0 Å². The predicted octanol–water partition coefficient (Wildman–Crippen LogP) is 2.60. The van der Waals surface area contributed by atoms with Gasteiger partial charge in [0.05, 0.1) is 24.2 Å². The quantitative estimate of drug-likeness (QED) is 0.511. The fraction of sp³-hybridized carbons (Fsp3) is 0.350. The summed E-state index contributed by atoms with van der Waals surface area (Å²) in [4.78, 5) is 12.1. The molecular weight excluding hydrogens is 456 g/mol. The summed E-state index contributed by atoms with van der Waals surface area (Å²) < 4.78 is 85.9. The van der Waals surface area contributed by atoms with Gasteiger partial charge in [-0.1, -0.05) is 6.07 Å². The van der Waals surface area contributed by atoms with Crippen LogP contribution in [0.4, 0.5) is 23.2 Å². The van der Waals surface area contributed by atoms with Crippen LogP contribution in [0.2, 0.25) is 0 Å². The number of aliphatic hydroxyl groups excluding tert-OH is 1. The van der Waals surface area contributed by atoms with E-state index in [4.69, 9.17) is 4.74 Å². The summed E-state index contributed by atoms with van der Waals surface area (Å²) in [7, 11) is -4.26. The van der Waals surface area contributed by atoms with Gasteiger partial charge in [0.25, 0.3) is 5.91 Å². The second-order valence-electron chi connectivity index (χ2n) is 7.09. The number of ether oxygens (including phenoxy) is 1. The van der Waals surface area contributed by atoms with Gasteiger partial charge in [0.2, 0.25) is 10.0 Å². The van der Waals surface area contributed by atoms with Crippen LogP contribution in [0.15, 0.2) is 35.2 Å². The average molecular weight is 476 g/mol. The highest BCUT2D eigenvalue weighted by Gasteiger charge is 2.29. The molecule has 3 rings (SSSR count). The van der Waals surface area contributed by atoms with Crippen LogP contribution < -0.4 is 5.32 Å². The summed E-state index contributed by atoms with van der Waals surface area (Å²) in [5, 5.41) is 11.9. The molecule has 1 fully saturated rings. The largest absolute Gasteiger partial charge is 0.391 e. The normalized spacial score (nSPS) is 18.1. The molecule has 0 aromatic heterocycles. The fourth-order valence-electron chi connectivity index (χ4n) is 3.13. The number of amides is 1. The van der Waals surface area contributed by atoms with Crippen molar-refractivity contribution in [3.05, 3.63) is 58.9 Å². The van der Waals surface area contributed by atoms with E-state index in [0.717, 1.165) is 22.5 Å². The molecule has 0 radical (unpaired) electrons. The number of aliphatic hydroxyl groups is 1. The predicted molar refractivity (Wildman–Crippen MR) is 106 cm³/mol. The minimum atomic E-state index is -4.26. The van der Waals surface area contributed by atoms with E-state index in [1.165, 1.54) is 0 Å². The SMILES string of the molecule is O=C(Nc1cc(F)c(F)c(F)c1)c1ccc(CF)c(S(=O)(=O)N2CCOCC(O)CC2)c1. The van der Waals surface area contributed by atoms with Crippen molar-refractivity contribution in [2.45, 2.75) is 24.1 Å². The number of carbonyl (C=O) groups excluding carboxylic acids is 1. The molecule has 174 valence electrons. The average Bonchev–Trinajstić information content (AvgIpc) is 2.74. The molecule has 1 atom stereocenters. The Morgan fingerprint density at radius 3 is 2.50 bits per heavy atom.